The van der Waals surface area contributed by atoms with Crippen molar-refractivity contribution >= 4 is 23.9 Å². The van der Waals surface area contributed by atoms with Gasteiger partial charge in [-0.3, -0.25) is 19.2 Å². The van der Waals surface area contributed by atoms with Crippen molar-refractivity contribution in [1.29, 1.82) is 0 Å². The van der Waals surface area contributed by atoms with Crippen LogP contribution in [0.5, 0.6) is 5.75 Å². The van der Waals surface area contributed by atoms with Crippen LogP contribution < -0.4 is 4.74 Å². The standard InChI is InChI=1S/C23H26N2O11/c1-11-24-22(36-25-11)16-8-6-7-9-17(16)34-23-21(33-15(5)29)20(32-14(4)28)19(31-13(3)27)18(35-23)10-30-12(2)26/h6-9,18-21,23H,10H2,1-5H3/t18-,19-,20+,21-,23?/m0/s1. The Kier molecular flexibility index (Phi) is 8.59. The molecular weight excluding hydrogens is 480 g/mol. The summed E-state index contributed by atoms with van der Waals surface area (Å²) in [6, 6.07) is 6.64. The third kappa shape index (κ3) is 6.78. The number of nitrogens with zero attached hydrogens (tertiary/aromatic N) is 2. The zero-order valence-electron chi connectivity index (χ0n) is 20.3. The second-order valence-corrected chi connectivity index (χ2v) is 7.83. The molecule has 0 N–H and O–H groups in total. The molecule has 0 aliphatic carbocycles. The molecule has 13 heteroatoms. The highest BCUT2D eigenvalue weighted by Gasteiger charge is 2.53. The van der Waals surface area contributed by atoms with E-state index in [1.165, 1.54) is 6.92 Å². The SMILES string of the molecule is CC(=O)OC[C@@H]1OC(Oc2ccccc2-c2nc(C)no2)[C@@H](OC(C)=O)[C@H](OC(C)=O)[C@H]1OC(C)=O. The number of aromatic nitrogens is 2. The fraction of sp³-hybridized carbons (Fsp3) is 0.478. The van der Waals surface area contributed by atoms with Crippen LogP contribution in [0.4, 0.5) is 0 Å². The number of rotatable bonds is 8. The van der Waals surface area contributed by atoms with Gasteiger partial charge in [0.05, 0.1) is 5.56 Å². The minimum absolute atomic E-state index is 0.161. The van der Waals surface area contributed by atoms with E-state index in [4.69, 9.17) is 32.9 Å². The van der Waals surface area contributed by atoms with E-state index in [1.807, 2.05) is 0 Å². The van der Waals surface area contributed by atoms with Crippen molar-refractivity contribution in [2.24, 2.45) is 0 Å². The normalized spacial score (nSPS) is 23.3. The number of aryl methyl sites for hydroxylation is 1. The van der Waals surface area contributed by atoms with Gasteiger partial charge in [-0.2, -0.15) is 4.98 Å². The average molecular weight is 506 g/mol. The smallest absolute Gasteiger partial charge is 0.303 e. The maximum atomic E-state index is 12.0. The van der Waals surface area contributed by atoms with Gasteiger partial charge in [-0.1, -0.05) is 17.3 Å². The minimum atomic E-state index is -1.39. The summed E-state index contributed by atoms with van der Waals surface area (Å²) in [5, 5.41) is 3.77. The number of para-hydroxylation sites is 1. The van der Waals surface area contributed by atoms with Gasteiger partial charge in [-0.15, -0.1) is 0 Å². The van der Waals surface area contributed by atoms with E-state index < -0.39 is 54.6 Å². The Morgan fingerprint density at radius 2 is 1.47 bits per heavy atom. The fourth-order valence-electron chi connectivity index (χ4n) is 3.56. The van der Waals surface area contributed by atoms with Crippen LogP contribution in [-0.4, -0.2) is 71.3 Å². The maximum absolute atomic E-state index is 12.0. The number of ether oxygens (including phenoxy) is 6. The topological polar surface area (TPSA) is 163 Å². The van der Waals surface area contributed by atoms with E-state index in [0.717, 1.165) is 20.8 Å². The highest BCUT2D eigenvalue weighted by Crippen LogP contribution is 2.34. The Bertz CT molecular complexity index is 1110. The first kappa shape index (κ1) is 26.6. The summed E-state index contributed by atoms with van der Waals surface area (Å²) in [5.74, 6) is -2.08. The fourth-order valence-corrected chi connectivity index (χ4v) is 3.56. The zero-order valence-corrected chi connectivity index (χ0v) is 20.3. The lowest BCUT2D eigenvalue weighted by Gasteiger charge is -2.44. The molecule has 3 rings (SSSR count). The molecule has 1 aromatic heterocycles. The molecular formula is C23H26N2O11. The van der Waals surface area contributed by atoms with Crippen molar-refractivity contribution in [2.75, 3.05) is 6.61 Å². The largest absolute Gasteiger partial charge is 0.463 e. The molecule has 1 aromatic carbocycles. The van der Waals surface area contributed by atoms with Gasteiger partial charge in [0.1, 0.15) is 18.5 Å². The summed E-state index contributed by atoms with van der Waals surface area (Å²) in [6.07, 6.45) is -6.55. The van der Waals surface area contributed by atoms with Crippen molar-refractivity contribution in [2.45, 2.75) is 65.3 Å². The minimum Gasteiger partial charge on any atom is -0.463 e. The van der Waals surface area contributed by atoms with E-state index in [0.29, 0.717) is 11.4 Å². The van der Waals surface area contributed by atoms with E-state index in [2.05, 4.69) is 10.1 Å². The van der Waals surface area contributed by atoms with Crippen LogP contribution in [0.1, 0.15) is 33.5 Å². The summed E-state index contributed by atoms with van der Waals surface area (Å²) < 4.78 is 38.5. The third-order valence-electron chi connectivity index (χ3n) is 4.84. The van der Waals surface area contributed by atoms with E-state index in [9.17, 15) is 19.2 Å². The first-order valence-corrected chi connectivity index (χ1v) is 10.9. The van der Waals surface area contributed by atoms with E-state index >= 15 is 0 Å². The van der Waals surface area contributed by atoms with Gasteiger partial charge >= 0.3 is 23.9 Å². The zero-order chi connectivity index (χ0) is 26.4. The predicted octanol–water partition coefficient (Wildman–Crippen LogP) is 1.51. The lowest BCUT2D eigenvalue weighted by Crippen LogP contribution is -2.63. The van der Waals surface area contributed by atoms with Crippen LogP contribution in [0, 0.1) is 6.92 Å². The number of carbonyl (C=O) groups is 4. The Balaban J connectivity index is 2.03. The van der Waals surface area contributed by atoms with E-state index in [1.54, 1.807) is 31.2 Å². The molecule has 0 saturated carbocycles. The first-order valence-electron chi connectivity index (χ1n) is 10.9. The van der Waals surface area contributed by atoms with Gasteiger partial charge < -0.3 is 32.9 Å². The van der Waals surface area contributed by atoms with Crippen LogP contribution >= 0.6 is 0 Å². The highest BCUT2D eigenvalue weighted by molar-refractivity contribution is 5.69. The number of benzene rings is 1. The highest BCUT2D eigenvalue weighted by atomic mass is 16.7. The molecule has 1 fully saturated rings. The number of hydrogen-bond acceptors (Lipinski definition) is 13. The number of hydrogen-bond donors (Lipinski definition) is 0. The second kappa shape index (κ2) is 11.6. The molecule has 2 aromatic rings. The summed E-state index contributed by atoms with van der Waals surface area (Å²) in [6.45, 7) is 5.88. The Labute approximate surface area is 205 Å². The van der Waals surface area contributed by atoms with Crippen molar-refractivity contribution in [1.82, 2.24) is 10.1 Å². The van der Waals surface area contributed by atoms with Gasteiger partial charge in [0, 0.05) is 27.7 Å². The Morgan fingerprint density at radius 3 is 2.06 bits per heavy atom. The van der Waals surface area contributed by atoms with Crippen LogP contribution in [0.2, 0.25) is 0 Å². The van der Waals surface area contributed by atoms with Crippen molar-refractivity contribution < 1.29 is 52.1 Å². The molecule has 1 aliphatic heterocycles. The molecule has 0 bridgehead atoms. The van der Waals surface area contributed by atoms with Crippen LogP contribution in [-0.2, 0) is 42.9 Å². The summed E-state index contributed by atoms with van der Waals surface area (Å²) in [7, 11) is 0. The molecule has 0 spiro atoms. The molecule has 5 atom stereocenters. The summed E-state index contributed by atoms with van der Waals surface area (Å²) in [4.78, 5) is 51.4. The lowest BCUT2D eigenvalue weighted by atomic mass is 9.98. The van der Waals surface area contributed by atoms with Gasteiger partial charge in [0.15, 0.2) is 18.0 Å². The van der Waals surface area contributed by atoms with Crippen LogP contribution in [0.15, 0.2) is 28.8 Å². The average Bonchev–Trinajstić information content (AvgIpc) is 3.22. The molecule has 0 amide bonds. The Morgan fingerprint density at radius 1 is 0.861 bits per heavy atom. The molecule has 0 radical (unpaired) electrons. The molecule has 194 valence electrons. The van der Waals surface area contributed by atoms with Crippen molar-refractivity contribution in [3.05, 3.63) is 30.1 Å². The molecule has 1 unspecified atom stereocenters. The maximum Gasteiger partial charge on any atom is 0.303 e. The van der Waals surface area contributed by atoms with Gasteiger partial charge in [-0.05, 0) is 19.1 Å². The van der Waals surface area contributed by atoms with Gasteiger partial charge in [-0.25, -0.2) is 0 Å². The number of carbonyl (C=O) groups excluding carboxylic acids is 4. The predicted molar refractivity (Wildman–Crippen MR) is 117 cm³/mol. The molecule has 1 aliphatic rings. The number of esters is 4. The van der Waals surface area contributed by atoms with Gasteiger partial charge in [0.2, 0.25) is 12.4 Å². The van der Waals surface area contributed by atoms with Crippen LogP contribution in [0.25, 0.3) is 11.5 Å². The molecule has 36 heavy (non-hydrogen) atoms. The second-order valence-electron chi connectivity index (χ2n) is 7.83. The quantitative estimate of drug-likeness (QED) is 0.374. The van der Waals surface area contributed by atoms with Crippen molar-refractivity contribution in [3.63, 3.8) is 0 Å². The molecule has 1 saturated heterocycles. The summed E-state index contributed by atoms with van der Waals surface area (Å²) in [5.41, 5.74) is 0.408. The van der Waals surface area contributed by atoms with Crippen LogP contribution in [0.3, 0.4) is 0 Å². The Hall–Kier alpha value is -4.00. The van der Waals surface area contributed by atoms with Gasteiger partial charge in [0.25, 0.3) is 5.89 Å². The lowest BCUT2D eigenvalue weighted by molar-refractivity contribution is -0.288. The van der Waals surface area contributed by atoms with E-state index in [-0.39, 0.29) is 18.2 Å². The third-order valence-corrected chi connectivity index (χ3v) is 4.84. The molecule has 2 heterocycles. The summed E-state index contributed by atoms with van der Waals surface area (Å²) >= 11 is 0. The van der Waals surface area contributed by atoms with Crippen molar-refractivity contribution in [3.8, 4) is 17.2 Å². The monoisotopic (exact) mass is 506 g/mol. The molecule has 13 nitrogen and oxygen atoms in total. The first-order chi connectivity index (χ1) is 17.0.